The van der Waals surface area contributed by atoms with Gasteiger partial charge >= 0.3 is 0 Å². The van der Waals surface area contributed by atoms with Gasteiger partial charge in [0.25, 0.3) is 0 Å². The number of nitrogens with zero attached hydrogens (tertiary/aromatic N) is 1. The molecule has 0 saturated carbocycles. The summed E-state index contributed by atoms with van der Waals surface area (Å²) in [6.45, 7) is 7.50. The lowest BCUT2D eigenvalue weighted by molar-refractivity contribution is 0.394. The van der Waals surface area contributed by atoms with Crippen LogP contribution in [0.2, 0.25) is 0 Å². The highest BCUT2D eigenvalue weighted by Gasteiger charge is 2.25. The number of furan rings is 1. The van der Waals surface area contributed by atoms with Crippen LogP contribution in [0.1, 0.15) is 24.9 Å². The molecule has 0 bridgehead atoms. The molecule has 120 valence electrons. The summed E-state index contributed by atoms with van der Waals surface area (Å²) in [6.07, 6.45) is 1.04. The van der Waals surface area contributed by atoms with Gasteiger partial charge in [0.15, 0.2) is 0 Å². The number of hydrogen-bond acceptors (Lipinski definition) is 5. The summed E-state index contributed by atoms with van der Waals surface area (Å²) in [7, 11) is -1.43. The maximum atomic E-state index is 12.4. The fourth-order valence-corrected chi connectivity index (χ4v) is 3.94. The van der Waals surface area contributed by atoms with E-state index in [1.807, 2.05) is 6.92 Å². The van der Waals surface area contributed by atoms with E-state index in [0.29, 0.717) is 30.5 Å². The van der Waals surface area contributed by atoms with E-state index >= 15 is 0 Å². The summed E-state index contributed by atoms with van der Waals surface area (Å²) in [5.74, 6) is 1.48. The van der Waals surface area contributed by atoms with Gasteiger partial charge in [-0.3, -0.25) is 0 Å². The van der Waals surface area contributed by atoms with Gasteiger partial charge in [-0.1, -0.05) is 6.92 Å². The lowest BCUT2D eigenvalue weighted by atomic mass is 10.1. The van der Waals surface area contributed by atoms with Crippen molar-refractivity contribution in [3.05, 3.63) is 17.6 Å². The van der Waals surface area contributed by atoms with E-state index in [1.165, 1.54) is 0 Å². The number of likely N-dealkylation sites (tertiary alicyclic amines) is 1. The van der Waals surface area contributed by atoms with Crippen molar-refractivity contribution in [3.8, 4) is 0 Å². The molecule has 0 spiro atoms. The van der Waals surface area contributed by atoms with E-state index < -0.39 is 10.0 Å². The first-order chi connectivity index (χ1) is 9.92. The molecule has 0 amide bonds. The predicted molar refractivity (Wildman–Crippen MR) is 81.6 cm³/mol. The van der Waals surface area contributed by atoms with Crippen LogP contribution in [0, 0.1) is 12.8 Å². The summed E-state index contributed by atoms with van der Waals surface area (Å²) in [6, 6.07) is 1.61. The zero-order valence-electron chi connectivity index (χ0n) is 13.0. The van der Waals surface area contributed by atoms with Crippen LogP contribution in [0.15, 0.2) is 15.4 Å². The summed E-state index contributed by atoms with van der Waals surface area (Å²) >= 11 is 0. The quantitative estimate of drug-likeness (QED) is 0.783. The summed E-state index contributed by atoms with van der Waals surface area (Å²) in [5.41, 5.74) is 0. The van der Waals surface area contributed by atoms with Crippen LogP contribution >= 0.6 is 0 Å². The minimum atomic E-state index is -3.49. The molecule has 2 rings (SSSR count). The second kappa shape index (κ2) is 6.91. The van der Waals surface area contributed by atoms with Gasteiger partial charge in [0.2, 0.25) is 10.0 Å². The van der Waals surface area contributed by atoms with Crippen molar-refractivity contribution >= 4 is 10.0 Å². The van der Waals surface area contributed by atoms with Gasteiger partial charge in [0, 0.05) is 19.2 Å². The minimum absolute atomic E-state index is 0.252. The maximum absolute atomic E-state index is 12.4. The molecule has 1 aromatic rings. The summed E-state index contributed by atoms with van der Waals surface area (Å²) in [5, 5.41) is 3.12. The van der Waals surface area contributed by atoms with Gasteiger partial charge < -0.3 is 14.6 Å². The number of aryl methyl sites for hydroxylation is 1. The molecule has 1 unspecified atom stereocenters. The first-order valence-corrected chi connectivity index (χ1v) is 8.89. The van der Waals surface area contributed by atoms with Crippen LogP contribution in [-0.2, 0) is 16.6 Å². The number of hydrogen-bond donors (Lipinski definition) is 2. The maximum Gasteiger partial charge on any atom is 0.244 e. The van der Waals surface area contributed by atoms with E-state index in [9.17, 15) is 8.42 Å². The molecule has 1 fully saturated rings. The van der Waals surface area contributed by atoms with Crippen molar-refractivity contribution in [2.45, 2.75) is 31.7 Å². The smallest absolute Gasteiger partial charge is 0.244 e. The van der Waals surface area contributed by atoms with Gasteiger partial charge in [-0.15, -0.1) is 0 Å². The summed E-state index contributed by atoms with van der Waals surface area (Å²) in [4.78, 5) is 2.47. The van der Waals surface area contributed by atoms with Crippen molar-refractivity contribution in [2.24, 2.45) is 5.92 Å². The molecule has 0 aromatic carbocycles. The number of nitrogens with one attached hydrogen (secondary N) is 2. The molecular weight excluding hydrogens is 290 g/mol. The van der Waals surface area contributed by atoms with E-state index in [-0.39, 0.29) is 4.90 Å². The molecule has 1 saturated heterocycles. The Morgan fingerprint density at radius 2 is 2.24 bits per heavy atom. The number of sulfonamides is 1. The largest absolute Gasteiger partial charge is 0.464 e. The second-order valence-electron chi connectivity index (χ2n) is 5.68. The Kier molecular flexibility index (Phi) is 5.43. The highest BCUT2D eigenvalue weighted by molar-refractivity contribution is 7.89. The Morgan fingerprint density at radius 3 is 2.86 bits per heavy atom. The third-order valence-corrected chi connectivity index (χ3v) is 5.34. The Labute approximate surface area is 126 Å². The van der Waals surface area contributed by atoms with Crippen LogP contribution in [0.3, 0.4) is 0 Å². The first-order valence-electron chi connectivity index (χ1n) is 7.40. The van der Waals surface area contributed by atoms with E-state index in [1.54, 1.807) is 13.0 Å². The minimum Gasteiger partial charge on any atom is -0.464 e. The molecule has 1 aliphatic heterocycles. The van der Waals surface area contributed by atoms with Crippen molar-refractivity contribution in [1.82, 2.24) is 14.9 Å². The van der Waals surface area contributed by atoms with Crippen LogP contribution in [0.25, 0.3) is 0 Å². The zero-order valence-corrected chi connectivity index (χ0v) is 13.8. The van der Waals surface area contributed by atoms with Gasteiger partial charge in [-0.25, -0.2) is 13.1 Å². The predicted octanol–water partition coefficient (Wildman–Crippen LogP) is 0.928. The van der Waals surface area contributed by atoms with Gasteiger partial charge in [-0.05, 0) is 39.4 Å². The molecule has 0 radical (unpaired) electrons. The molecule has 1 atom stereocenters. The lowest BCUT2D eigenvalue weighted by Gasteiger charge is -2.11. The fourth-order valence-electron chi connectivity index (χ4n) is 2.62. The highest BCUT2D eigenvalue weighted by atomic mass is 32.2. The average molecular weight is 315 g/mol. The first kappa shape index (κ1) is 16.5. The number of rotatable bonds is 7. The molecule has 7 heteroatoms. The van der Waals surface area contributed by atoms with Crippen LogP contribution < -0.4 is 10.0 Å². The van der Waals surface area contributed by atoms with E-state index in [0.717, 1.165) is 26.1 Å². The lowest BCUT2D eigenvalue weighted by Crippen LogP contribution is -2.30. The van der Waals surface area contributed by atoms with Crippen molar-refractivity contribution in [1.29, 1.82) is 0 Å². The summed E-state index contributed by atoms with van der Waals surface area (Å²) < 4.78 is 33.0. The Bertz CT molecular complexity index is 568. The van der Waals surface area contributed by atoms with Crippen LogP contribution in [0.5, 0.6) is 0 Å². The van der Waals surface area contributed by atoms with Crippen LogP contribution in [-0.4, -0.2) is 46.5 Å². The van der Waals surface area contributed by atoms with Gasteiger partial charge in [0.05, 0.1) is 6.54 Å². The van der Waals surface area contributed by atoms with Crippen molar-refractivity contribution in [2.75, 3.05) is 33.2 Å². The fraction of sp³-hybridized carbons (Fsp3) is 0.714. The van der Waals surface area contributed by atoms with Gasteiger partial charge in [-0.2, -0.15) is 0 Å². The molecule has 2 heterocycles. The van der Waals surface area contributed by atoms with Crippen LogP contribution in [0.4, 0.5) is 0 Å². The van der Waals surface area contributed by atoms with Crippen molar-refractivity contribution < 1.29 is 12.8 Å². The normalized spacial score (nSPS) is 20.2. The standard InChI is InChI=1S/C14H25N3O3S/c1-4-15-9-13-7-14(11(2)20-13)21(18,19)16-8-12-5-6-17(3)10-12/h7,12,15-16H,4-6,8-10H2,1-3H3. The van der Waals surface area contributed by atoms with E-state index in [2.05, 4.69) is 22.0 Å². The zero-order chi connectivity index (χ0) is 15.5. The molecule has 0 aliphatic carbocycles. The monoisotopic (exact) mass is 315 g/mol. The third-order valence-electron chi connectivity index (χ3n) is 3.81. The Morgan fingerprint density at radius 1 is 1.48 bits per heavy atom. The third kappa shape index (κ3) is 4.29. The molecule has 1 aromatic heterocycles. The SMILES string of the molecule is CCNCc1cc(S(=O)(=O)NCC2CCN(C)C2)c(C)o1. The van der Waals surface area contributed by atoms with Crippen molar-refractivity contribution in [3.63, 3.8) is 0 Å². The molecule has 6 nitrogen and oxygen atoms in total. The molecule has 21 heavy (non-hydrogen) atoms. The molecule has 1 aliphatic rings. The molecule has 2 N–H and O–H groups in total. The Balaban J connectivity index is 2.00. The molecular formula is C14H25N3O3S. The topological polar surface area (TPSA) is 74.6 Å². The average Bonchev–Trinajstić information content (AvgIpc) is 3.00. The van der Waals surface area contributed by atoms with Gasteiger partial charge in [0.1, 0.15) is 16.4 Å². The van der Waals surface area contributed by atoms with E-state index in [4.69, 9.17) is 4.42 Å². The Hall–Kier alpha value is -0.890. The highest BCUT2D eigenvalue weighted by Crippen LogP contribution is 2.21. The second-order valence-corrected chi connectivity index (χ2v) is 7.42.